The Kier molecular flexibility index (Phi) is 4.10. The molecule has 0 N–H and O–H groups in total. The van der Waals surface area contributed by atoms with E-state index >= 15 is 0 Å². The van der Waals surface area contributed by atoms with Crippen molar-refractivity contribution >= 4 is 17.5 Å². The molecule has 2 aromatic carbocycles. The van der Waals surface area contributed by atoms with Gasteiger partial charge in [0.25, 0.3) is 5.91 Å². The number of carbonyl (C=O) groups is 1. The highest BCUT2D eigenvalue weighted by Crippen LogP contribution is 2.34. The Labute approximate surface area is 145 Å². The van der Waals surface area contributed by atoms with Gasteiger partial charge in [0.05, 0.1) is 6.04 Å². The fourth-order valence-electron chi connectivity index (χ4n) is 3.24. The van der Waals surface area contributed by atoms with E-state index in [0.717, 1.165) is 6.54 Å². The molecule has 0 saturated carbocycles. The van der Waals surface area contributed by atoms with Crippen LogP contribution in [0.15, 0.2) is 66.7 Å². The molecule has 2 heterocycles. The molecule has 2 aliphatic rings. The molecule has 5 heteroatoms. The average Bonchev–Trinajstić information content (AvgIpc) is 2.61. The number of benzene rings is 2. The lowest BCUT2D eigenvalue weighted by Crippen LogP contribution is -2.55. The molecule has 0 aromatic heterocycles. The van der Waals surface area contributed by atoms with Crippen molar-refractivity contribution in [2.24, 2.45) is 0 Å². The van der Waals surface area contributed by atoms with E-state index in [1.807, 2.05) is 24.3 Å². The van der Waals surface area contributed by atoms with E-state index in [4.69, 9.17) is 16.4 Å². The molecular formula is C19H17ClN2O2. The van der Waals surface area contributed by atoms with E-state index in [-0.39, 0.29) is 18.1 Å². The van der Waals surface area contributed by atoms with Crippen molar-refractivity contribution in [2.75, 3.05) is 13.2 Å². The predicted octanol–water partition coefficient (Wildman–Crippen LogP) is 3.67. The van der Waals surface area contributed by atoms with Crippen molar-refractivity contribution in [2.45, 2.75) is 12.1 Å². The fraction of sp³-hybridized carbons (Fsp3) is 0.211. The zero-order chi connectivity index (χ0) is 16.5. The minimum absolute atomic E-state index is 0.130. The van der Waals surface area contributed by atoms with Crippen LogP contribution in [0.25, 0.3) is 0 Å². The van der Waals surface area contributed by atoms with Crippen LogP contribution in [0.3, 0.4) is 0 Å². The molecule has 122 valence electrons. The Morgan fingerprint density at radius 3 is 2.54 bits per heavy atom. The van der Waals surface area contributed by atoms with Crippen LogP contribution >= 0.6 is 11.6 Å². The topological polar surface area (TPSA) is 32.8 Å². The second-order valence-electron chi connectivity index (χ2n) is 5.96. The standard InChI is InChI=1S/C19H17ClN2O2/c20-16-10-8-15(9-11-16)19(23)22-13-21-12-4-7-17(24-22)18(21)14-5-2-1-3-6-14/h1-11,17-18H,12-13H2. The van der Waals surface area contributed by atoms with Crippen LogP contribution in [-0.2, 0) is 4.84 Å². The molecule has 4 rings (SSSR count). The van der Waals surface area contributed by atoms with Gasteiger partial charge in [0.2, 0.25) is 0 Å². The number of fused-ring (bicyclic) bond motifs is 2. The number of carbonyl (C=O) groups excluding carboxylic acids is 1. The molecule has 3 atom stereocenters. The summed E-state index contributed by atoms with van der Waals surface area (Å²) in [6.07, 6.45) is 3.95. The number of hydrogen-bond donors (Lipinski definition) is 0. The summed E-state index contributed by atoms with van der Waals surface area (Å²) in [6.45, 7) is 1.23. The van der Waals surface area contributed by atoms with Crippen molar-refractivity contribution in [3.63, 3.8) is 0 Å². The molecule has 2 aromatic rings. The number of hydrogen-bond acceptors (Lipinski definition) is 3. The summed E-state index contributed by atoms with van der Waals surface area (Å²) in [7, 11) is 0. The van der Waals surface area contributed by atoms with Crippen LogP contribution < -0.4 is 0 Å². The molecule has 4 nitrogen and oxygen atoms in total. The van der Waals surface area contributed by atoms with Gasteiger partial charge in [-0.25, -0.2) is 5.06 Å². The molecular weight excluding hydrogens is 324 g/mol. The second-order valence-corrected chi connectivity index (χ2v) is 6.39. The monoisotopic (exact) mass is 340 g/mol. The first kappa shape index (κ1) is 15.4. The van der Waals surface area contributed by atoms with Gasteiger partial charge < -0.3 is 0 Å². The van der Waals surface area contributed by atoms with Crippen molar-refractivity contribution in [3.05, 3.63) is 82.9 Å². The lowest BCUT2D eigenvalue weighted by Gasteiger charge is -2.46. The predicted molar refractivity (Wildman–Crippen MR) is 92.4 cm³/mol. The maximum absolute atomic E-state index is 12.7. The smallest absolute Gasteiger partial charge is 0.270 e. The van der Waals surface area contributed by atoms with Gasteiger partial charge in [-0.15, -0.1) is 0 Å². The lowest BCUT2D eigenvalue weighted by molar-refractivity contribution is -0.232. The van der Waals surface area contributed by atoms with Crippen LogP contribution in [0.4, 0.5) is 0 Å². The molecule has 2 bridgehead atoms. The highest BCUT2D eigenvalue weighted by atomic mass is 35.5. The van der Waals surface area contributed by atoms with Crippen LogP contribution in [-0.4, -0.2) is 35.2 Å². The SMILES string of the molecule is O=C(c1ccc(Cl)cc1)N1CN2CC=CC(O1)C2c1ccccc1. The molecule has 0 spiro atoms. The van der Waals surface area contributed by atoms with Gasteiger partial charge in [-0.1, -0.05) is 54.1 Å². The maximum atomic E-state index is 12.7. The first-order valence-electron chi connectivity index (χ1n) is 7.92. The lowest BCUT2D eigenvalue weighted by atomic mass is 9.96. The van der Waals surface area contributed by atoms with E-state index in [9.17, 15) is 4.79 Å². The van der Waals surface area contributed by atoms with Gasteiger partial charge >= 0.3 is 0 Å². The summed E-state index contributed by atoms with van der Waals surface area (Å²) in [5, 5.41) is 2.05. The summed E-state index contributed by atoms with van der Waals surface area (Å²) < 4.78 is 0. The second kappa shape index (κ2) is 6.40. The molecule has 2 aliphatic heterocycles. The van der Waals surface area contributed by atoms with E-state index in [0.29, 0.717) is 17.3 Å². The number of rotatable bonds is 2. The Morgan fingerprint density at radius 1 is 1.08 bits per heavy atom. The quantitative estimate of drug-likeness (QED) is 0.782. The molecule has 1 fully saturated rings. The van der Waals surface area contributed by atoms with E-state index in [2.05, 4.69) is 23.1 Å². The number of nitrogens with zero attached hydrogens (tertiary/aromatic N) is 2. The van der Waals surface area contributed by atoms with Gasteiger partial charge in [0.1, 0.15) is 12.8 Å². The fourth-order valence-corrected chi connectivity index (χ4v) is 3.37. The first-order valence-corrected chi connectivity index (χ1v) is 8.30. The number of halogens is 1. The zero-order valence-electron chi connectivity index (χ0n) is 13.0. The Bertz CT molecular complexity index is 761. The summed E-state index contributed by atoms with van der Waals surface area (Å²) in [6, 6.07) is 17.3. The highest BCUT2D eigenvalue weighted by molar-refractivity contribution is 6.30. The van der Waals surface area contributed by atoms with Gasteiger partial charge in [0, 0.05) is 17.1 Å². The first-order chi connectivity index (χ1) is 11.7. The molecule has 24 heavy (non-hydrogen) atoms. The van der Waals surface area contributed by atoms with E-state index in [1.54, 1.807) is 24.3 Å². The van der Waals surface area contributed by atoms with Crippen LogP contribution in [0.5, 0.6) is 0 Å². The third-order valence-electron chi connectivity index (χ3n) is 4.39. The van der Waals surface area contributed by atoms with Crippen molar-refractivity contribution in [3.8, 4) is 0 Å². The molecule has 0 aliphatic carbocycles. The average molecular weight is 341 g/mol. The van der Waals surface area contributed by atoms with Crippen LogP contribution in [0.2, 0.25) is 5.02 Å². The highest BCUT2D eigenvalue weighted by Gasteiger charge is 2.39. The third kappa shape index (κ3) is 2.84. The van der Waals surface area contributed by atoms with Crippen molar-refractivity contribution in [1.82, 2.24) is 9.96 Å². The Morgan fingerprint density at radius 2 is 1.83 bits per heavy atom. The molecule has 1 amide bonds. The zero-order valence-corrected chi connectivity index (χ0v) is 13.8. The molecule has 0 radical (unpaired) electrons. The minimum atomic E-state index is -0.175. The van der Waals surface area contributed by atoms with Gasteiger partial charge in [-0.2, -0.15) is 0 Å². The van der Waals surface area contributed by atoms with Crippen molar-refractivity contribution in [1.29, 1.82) is 0 Å². The molecule has 3 unspecified atom stereocenters. The largest absolute Gasteiger partial charge is 0.278 e. The van der Waals surface area contributed by atoms with E-state index < -0.39 is 0 Å². The normalized spacial score (nSPS) is 25.5. The van der Waals surface area contributed by atoms with Gasteiger partial charge in [-0.3, -0.25) is 14.5 Å². The number of hydroxylamine groups is 2. The summed E-state index contributed by atoms with van der Waals surface area (Å²) >= 11 is 5.89. The molecule has 1 saturated heterocycles. The van der Waals surface area contributed by atoms with Crippen LogP contribution in [0.1, 0.15) is 22.0 Å². The van der Waals surface area contributed by atoms with Gasteiger partial charge in [0.15, 0.2) is 0 Å². The van der Waals surface area contributed by atoms with Gasteiger partial charge in [-0.05, 0) is 29.8 Å². The van der Waals surface area contributed by atoms with E-state index in [1.165, 1.54) is 10.6 Å². The third-order valence-corrected chi connectivity index (χ3v) is 4.64. The summed E-state index contributed by atoms with van der Waals surface area (Å²) in [5.74, 6) is -0.150. The van der Waals surface area contributed by atoms with Crippen LogP contribution in [0, 0.1) is 0 Å². The minimum Gasteiger partial charge on any atom is -0.270 e. The maximum Gasteiger partial charge on any atom is 0.278 e. The number of amides is 1. The Balaban J connectivity index is 1.57. The summed E-state index contributed by atoms with van der Waals surface area (Å²) in [5.41, 5.74) is 1.77. The van der Waals surface area contributed by atoms with Crippen molar-refractivity contribution < 1.29 is 9.63 Å². The Hall–Kier alpha value is -2.14. The summed E-state index contributed by atoms with van der Waals surface area (Å²) in [4.78, 5) is 20.9.